The van der Waals surface area contributed by atoms with Crippen molar-refractivity contribution in [1.29, 1.82) is 0 Å². The van der Waals surface area contributed by atoms with Crippen LogP contribution >= 0.6 is 0 Å². The van der Waals surface area contributed by atoms with Crippen LogP contribution in [0, 0.1) is 11.8 Å². The van der Waals surface area contributed by atoms with E-state index in [4.69, 9.17) is 5.73 Å². The molecular formula is C24H26N2O10. The van der Waals surface area contributed by atoms with Gasteiger partial charge in [-0.25, -0.2) is 4.79 Å². The zero-order chi connectivity index (χ0) is 27.0. The summed E-state index contributed by atoms with van der Waals surface area (Å²) < 4.78 is 4.63. The van der Waals surface area contributed by atoms with E-state index in [1.54, 1.807) is 6.92 Å². The van der Waals surface area contributed by atoms with E-state index in [-0.39, 0.29) is 16.7 Å². The first kappa shape index (κ1) is 25.4. The number of phenolic OH excluding ortho intramolecular Hbond substituents is 1. The van der Waals surface area contributed by atoms with Crippen molar-refractivity contribution in [2.45, 2.75) is 30.6 Å². The lowest BCUT2D eigenvalue weighted by Gasteiger charge is -2.53. The van der Waals surface area contributed by atoms with Crippen LogP contribution in [0.2, 0.25) is 0 Å². The number of esters is 1. The Kier molecular flexibility index (Phi) is 5.74. The molecule has 4 rings (SSSR count). The number of benzene rings is 1. The molecule has 1 amide bonds. The summed E-state index contributed by atoms with van der Waals surface area (Å²) in [5.41, 5.74) is 0.436. The number of phenols is 1. The van der Waals surface area contributed by atoms with Crippen LogP contribution in [0.3, 0.4) is 0 Å². The average Bonchev–Trinajstić information content (AvgIpc) is 2.80. The van der Waals surface area contributed by atoms with Crippen LogP contribution < -0.4 is 5.73 Å². The number of aliphatic hydroxyl groups excluding tert-OH is 3. The fraction of sp³-hybridized carbons (Fsp3) is 0.417. The third kappa shape index (κ3) is 2.98. The maximum absolute atomic E-state index is 13.8. The minimum atomic E-state index is -3.00. The quantitative estimate of drug-likeness (QED) is 0.224. The van der Waals surface area contributed by atoms with E-state index < -0.39 is 87.4 Å². The maximum Gasteiger partial charge on any atom is 0.341 e. The SMILES string of the molecule is COC(=O)c1ccc2c(c1O)C(O)=C1C(=O)C3(O)C(O)=C(C(N)=O)C(=O)[C@@H](N(C)C)C3C(O)C1[C@H]2C. The molecule has 36 heavy (non-hydrogen) atoms. The number of hydrogen-bond acceptors (Lipinski definition) is 11. The number of carbonyl (C=O) groups is 4. The third-order valence-corrected chi connectivity index (χ3v) is 7.53. The van der Waals surface area contributed by atoms with Crippen LogP contribution in [0.4, 0.5) is 0 Å². The molecule has 0 aromatic heterocycles. The first-order valence-corrected chi connectivity index (χ1v) is 11.0. The molecule has 12 nitrogen and oxygen atoms in total. The lowest BCUT2D eigenvalue weighted by atomic mass is 9.54. The van der Waals surface area contributed by atoms with Gasteiger partial charge in [0.25, 0.3) is 5.91 Å². The number of nitrogens with two attached hydrogens (primary N) is 1. The largest absolute Gasteiger partial charge is 0.508 e. The molecule has 0 radical (unpaired) electrons. The standard InChI is InChI=1S/C24H26N2O10/c1-7-8-5-6-9(23(34)36-4)16(27)11(8)17(28)12-10(7)18(29)14-15(26(2)3)19(30)13(22(25)33)21(32)24(14,35)20(12)31/h5-7,10,14-15,18,27-29,32,35H,1-4H3,(H2,25,33)/t7-,10?,14?,15-,18?,24?/m0/s1. The van der Waals surface area contributed by atoms with Crippen molar-refractivity contribution in [3.63, 3.8) is 0 Å². The molecule has 7 N–H and O–H groups in total. The van der Waals surface area contributed by atoms with E-state index in [1.807, 2.05) is 0 Å². The number of amides is 1. The molecule has 12 heteroatoms. The predicted octanol–water partition coefficient (Wildman–Crippen LogP) is -0.718. The number of rotatable bonds is 3. The molecule has 3 aliphatic rings. The van der Waals surface area contributed by atoms with Crippen LogP contribution in [0.5, 0.6) is 5.75 Å². The summed E-state index contributed by atoms with van der Waals surface area (Å²) in [5, 5.41) is 55.9. The van der Waals surface area contributed by atoms with Crippen molar-refractivity contribution in [2.24, 2.45) is 17.6 Å². The van der Waals surface area contributed by atoms with Crippen molar-refractivity contribution < 1.29 is 49.4 Å². The van der Waals surface area contributed by atoms with Gasteiger partial charge in [0, 0.05) is 11.5 Å². The van der Waals surface area contributed by atoms with Gasteiger partial charge in [-0.05, 0) is 31.6 Å². The first-order chi connectivity index (χ1) is 16.7. The molecule has 0 bridgehead atoms. The van der Waals surface area contributed by atoms with Crippen molar-refractivity contribution in [3.05, 3.63) is 45.7 Å². The number of aromatic hydroxyl groups is 1. The zero-order valence-corrected chi connectivity index (χ0v) is 19.8. The Morgan fingerprint density at radius 1 is 1.14 bits per heavy atom. The van der Waals surface area contributed by atoms with Crippen molar-refractivity contribution in [1.82, 2.24) is 4.90 Å². The molecule has 1 saturated carbocycles. The van der Waals surface area contributed by atoms with Crippen LogP contribution in [-0.2, 0) is 19.1 Å². The number of methoxy groups -OCH3 is 1. The molecule has 0 heterocycles. The molecule has 3 aliphatic carbocycles. The van der Waals surface area contributed by atoms with Gasteiger partial charge in [0.1, 0.15) is 28.4 Å². The van der Waals surface area contributed by atoms with Crippen molar-refractivity contribution >= 4 is 29.2 Å². The molecule has 4 unspecified atom stereocenters. The van der Waals surface area contributed by atoms with Crippen molar-refractivity contribution in [2.75, 3.05) is 21.2 Å². The summed E-state index contributed by atoms with van der Waals surface area (Å²) in [6.45, 7) is 1.59. The van der Waals surface area contributed by atoms with Gasteiger partial charge >= 0.3 is 5.97 Å². The van der Waals surface area contributed by atoms with Gasteiger partial charge in [-0.3, -0.25) is 19.3 Å². The number of hydrogen-bond donors (Lipinski definition) is 6. The van der Waals surface area contributed by atoms with Gasteiger partial charge in [-0.1, -0.05) is 13.0 Å². The Balaban J connectivity index is 2.05. The molecule has 6 atom stereocenters. The smallest absolute Gasteiger partial charge is 0.341 e. The van der Waals surface area contributed by atoms with E-state index in [0.717, 1.165) is 7.11 Å². The lowest BCUT2D eigenvalue weighted by Crippen LogP contribution is -2.70. The number of aliphatic hydroxyl groups is 4. The Morgan fingerprint density at radius 3 is 2.28 bits per heavy atom. The predicted molar refractivity (Wildman–Crippen MR) is 122 cm³/mol. The number of carbonyl (C=O) groups excluding carboxylic acids is 4. The summed E-state index contributed by atoms with van der Waals surface area (Å²) in [6.07, 6.45) is -1.69. The first-order valence-electron chi connectivity index (χ1n) is 11.0. The van der Waals surface area contributed by atoms with E-state index in [9.17, 15) is 44.7 Å². The average molecular weight is 502 g/mol. The van der Waals surface area contributed by atoms with Crippen LogP contribution in [0.1, 0.15) is 34.3 Å². The summed E-state index contributed by atoms with van der Waals surface area (Å²) in [5.74, 6) is -11.0. The number of nitrogens with zero attached hydrogens (tertiary/aromatic N) is 1. The van der Waals surface area contributed by atoms with Gasteiger partial charge in [0.2, 0.25) is 5.78 Å². The number of likely N-dealkylation sites (N-methyl/N-ethyl adjacent to an activating group) is 1. The molecule has 1 fully saturated rings. The minimum absolute atomic E-state index is 0.282. The number of ether oxygens (including phenoxy) is 1. The molecule has 1 aromatic rings. The summed E-state index contributed by atoms with van der Waals surface area (Å²) in [6, 6.07) is 1.26. The van der Waals surface area contributed by atoms with E-state index in [0.29, 0.717) is 0 Å². The molecule has 1 aromatic carbocycles. The van der Waals surface area contributed by atoms with E-state index in [1.165, 1.54) is 31.1 Å². The van der Waals surface area contributed by atoms with E-state index >= 15 is 0 Å². The molecule has 0 aliphatic heterocycles. The molecular weight excluding hydrogens is 476 g/mol. The van der Waals surface area contributed by atoms with E-state index in [2.05, 4.69) is 4.74 Å². The summed E-state index contributed by atoms with van der Waals surface area (Å²) in [7, 11) is 3.94. The Morgan fingerprint density at radius 2 is 1.75 bits per heavy atom. The van der Waals surface area contributed by atoms with Crippen LogP contribution in [-0.4, -0.2) is 92.8 Å². The zero-order valence-electron chi connectivity index (χ0n) is 19.8. The second-order valence-electron chi connectivity index (χ2n) is 9.47. The maximum atomic E-state index is 13.8. The van der Waals surface area contributed by atoms with Gasteiger partial charge in [-0.15, -0.1) is 0 Å². The Labute approximate surface area is 204 Å². The highest BCUT2D eigenvalue weighted by molar-refractivity contribution is 6.24. The number of primary amides is 1. The van der Waals surface area contributed by atoms with Gasteiger partial charge in [0.05, 0.1) is 30.7 Å². The van der Waals surface area contributed by atoms with Gasteiger partial charge < -0.3 is 36.0 Å². The second kappa shape index (κ2) is 8.15. The lowest BCUT2D eigenvalue weighted by molar-refractivity contribution is -0.169. The van der Waals surface area contributed by atoms with Crippen LogP contribution in [0.15, 0.2) is 29.0 Å². The molecule has 192 valence electrons. The highest BCUT2D eigenvalue weighted by atomic mass is 16.5. The van der Waals surface area contributed by atoms with Crippen molar-refractivity contribution in [3.8, 4) is 5.75 Å². The van der Waals surface area contributed by atoms with Crippen LogP contribution in [0.25, 0.3) is 5.76 Å². The summed E-state index contributed by atoms with van der Waals surface area (Å²) in [4.78, 5) is 52.3. The fourth-order valence-electron chi connectivity index (χ4n) is 5.89. The highest BCUT2D eigenvalue weighted by Gasteiger charge is 2.68. The Bertz CT molecular complexity index is 1300. The second-order valence-corrected chi connectivity index (χ2v) is 9.47. The highest BCUT2D eigenvalue weighted by Crippen LogP contribution is 2.56. The third-order valence-electron chi connectivity index (χ3n) is 7.53. The monoisotopic (exact) mass is 502 g/mol. The fourth-order valence-corrected chi connectivity index (χ4v) is 5.89. The topological polar surface area (TPSA) is 208 Å². The van der Waals surface area contributed by atoms with Gasteiger partial charge in [-0.2, -0.15) is 0 Å². The molecule has 0 saturated heterocycles. The Hall–Kier alpha value is -3.74. The number of ketones is 2. The minimum Gasteiger partial charge on any atom is -0.508 e. The van der Waals surface area contributed by atoms with Gasteiger partial charge in [0.15, 0.2) is 11.4 Å². The summed E-state index contributed by atoms with van der Waals surface area (Å²) >= 11 is 0. The number of Topliss-reactive ketones (excluding diaryl/α,β-unsaturated/α-hetero) is 2. The number of fused-ring (bicyclic) bond motifs is 3. The normalized spacial score (nSPS) is 31.7. The molecule has 0 spiro atoms.